The van der Waals surface area contributed by atoms with Crippen molar-refractivity contribution in [2.75, 3.05) is 26.0 Å². The Labute approximate surface area is 157 Å². The van der Waals surface area contributed by atoms with Crippen molar-refractivity contribution in [2.24, 2.45) is 0 Å². The zero-order valence-corrected chi connectivity index (χ0v) is 15.5. The van der Waals surface area contributed by atoms with Crippen LogP contribution in [0.2, 0.25) is 0 Å². The predicted octanol–water partition coefficient (Wildman–Crippen LogP) is 2.32. The van der Waals surface area contributed by atoms with Crippen molar-refractivity contribution in [1.82, 2.24) is 4.90 Å². The van der Waals surface area contributed by atoms with E-state index in [9.17, 15) is 9.59 Å². The van der Waals surface area contributed by atoms with Crippen molar-refractivity contribution in [1.29, 1.82) is 0 Å². The molecule has 27 heavy (non-hydrogen) atoms. The molecular formula is C20H22N2O5. The summed E-state index contributed by atoms with van der Waals surface area (Å²) in [5.41, 5.74) is 0.597. The summed E-state index contributed by atoms with van der Waals surface area (Å²) in [6.07, 6.45) is -1.27. The summed E-state index contributed by atoms with van der Waals surface area (Å²) in [5.74, 6) is 1.12. The molecule has 2 unspecified atom stereocenters. The summed E-state index contributed by atoms with van der Waals surface area (Å²) in [4.78, 5) is 26.3. The minimum atomic E-state index is -0.811. The van der Waals surface area contributed by atoms with Gasteiger partial charge in [-0.3, -0.25) is 9.59 Å². The summed E-state index contributed by atoms with van der Waals surface area (Å²) < 4.78 is 16.7. The molecule has 7 heteroatoms. The molecule has 0 aromatic heterocycles. The number of para-hydroxylation sites is 2. The molecular weight excluding hydrogens is 348 g/mol. The van der Waals surface area contributed by atoms with Crippen LogP contribution in [0.1, 0.15) is 6.92 Å². The van der Waals surface area contributed by atoms with E-state index in [0.717, 1.165) is 0 Å². The Kier molecular flexibility index (Phi) is 5.49. The van der Waals surface area contributed by atoms with Crippen LogP contribution in [0, 0.1) is 0 Å². The predicted molar refractivity (Wildman–Crippen MR) is 100 cm³/mol. The van der Waals surface area contributed by atoms with Crippen molar-refractivity contribution in [3.8, 4) is 17.2 Å². The van der Waals surface area contributed by atoms with Crippen molar-refractivity contribution in [3.63, 3.8) is 0 Å². The Balaban J connectivity index is 1.61. The molecule has 1 heterocycles. The molecule has 0 saturated heterocycles. The first kappa shape index (κ1) is 18.6. The number of hydrogen-bond donors (Lipinski definition) is 1. The number of fused-ring (bicyclic) bond motifs is 1. The van der Waals surface area contributed by atoms with Crippen LogP contribution < -0.4 is 19.5 Å². The quantitative estimate of drug-likeness (QED) is 0.874. The topological polar surface area (TPSA) is 77.1 Å². The van der Waals surface area contributed by atoms with Crippen LogP contribution in [0.4, 0.5) is 5.69 Å². The highest BCUT2D eigenvalue weighted by molar-refractivity contribution is 5.95. The molecule has 0 spiro atoms. The van der Waals surface area contributed by atoms with Crippen LogP contribution in [0.5, 0.6) is 17.2 Å². The molecule has 7 nitrogen and oxygen atoms in total. The zero-order chi connectivity index (χ0) is 19.4. The number of carbonyl (C=O) groups is 2. The molecule has 0 aliphatic carbocycles. The maximum absolute atomic E-state index is 12.7. The second-order valence-electron chi connectivity index (χ2n) is 6.28. The van der Waals surface area contributed by atoms with Gasteiger partial charge in [-0.2, -0.15) is 0 Å². The fourth-order valence-electron chi connectivity index (χ4n) is 2.80. The molecule has 1 N–H and O–H groups in total. The van der Waals surface area contributed by atoms with Gasteiger partial charge in [0.1, 0.15) is 11.9 Å². The van der Waals surface area contributed by atoms with Gasteiger partial charge in [0.05, 0.1) is 13.7 Å². The lowest BCUT2D eigenvalue weighted by molar-refractivity contribution is -0.144. The molecule has 142 valence electrons. The SMILES string of the molecule is COc1cccc(NC(=O)CN(C)C(=O)C2Oc3ccccc3OC2C)c1. The third-order valence-electron chi connectivity index (χ3n) is 4.20. The first-order valence-electron chi connectivity index (χ1n) is 8.59. The van der Waals surface area contributed by atoms with E-state index in [1.165, 1.54) is 4.90 Å². The number of ether oxygens (including phenoxy) is 3. The van der Waals surface area contributed by atoms with Gasteiger partial charge in [-0.05, 0) is 31.2 Å². The molecule has 1 aliphatic rings. The second kappa shape index (κ2) is 7.99. The Bertz CT molecular complexity index is 839. The lowest BCUT2D eigenvalue weighted by atomic mass is 10.1. The maximum atomic E-state index is 12.7. The van der Waals surface area contributed by atoms with E-state index in [4.69, 9.17) is 14.2 Å². The summed E-state index contributed by atoms with van der Waals surface area (Å²) in [6, 6.07) is 14.2. The molecule has 2 aromatic carbocycles. The Hall–Kier alpha value is -3.22. The number of likely N-dealkylation sites (N-methyl/N-ethyl adjacent to an activating group) is 1. The largest absolute Gasteiger partial charge is 0.497 e. The Morgan fingerprint density at radius 1 is 1.11 bits per heavy atom. The summed E-state index contributed by atoms with van der Waals surface area (Å²) in [5, 5.41) is 2.75. The van der Waals surface area contributed by atoms with Crippen molar-refractivity contribution in [2.45, 2.75) is 19.1 Å². The van der Waals surface area contributed by atoms with E-state index < -0.39 is 12.2 Å². The lowest BCUT2D eigenvalue weighted by Crippen LogP contribution is -2.51. The van der Waals surface area contributed by atoms with Gasteiger partial charge in [0, 0.05) is 18.8 Å². The number of hydrogen-bond acceptors (Lipinski definition) is 5. The van der Waals surface area contributed by atoms with Gasteiger partial charge in [0.2, 0.25) is 12.0 Å². The van der Waals surface area contributed by atoms with E-state index in [1.807, 2.05) is 12.1 Å². The molecule has 0 fully saturated rings. The van der Waals surface area contributed by atoms with Crippen LogP contribution in [-0.2, 0) is 9.59 Å². The smallest absolute Gasteiger partial charge is 0.267 e. The fraction of sp³-hybridized carbons (Fsp3) is 0.300. The average molecular weight is 370 g/mol. The van der Waals surface area contributed by atoms with Gasteiger partial charge < -0.3 is 24.4 Å². The number of nitrogens with one attached hydrogen (secondary N) is 1. The first-order chi connectivity index (χ1) is 13.0. The van der Waals surface area contributed by atoms with Gasteiger partial charge >= 0.3 is 0 Å². The second-order valence-corrected chi connectivity index (χ2v) is 6.28. The van der Waals surface area contributed by atoms with Gasteiger partial charge in [-0.25, -0.2) is 0 Å². The monoisotopic (exact) mass is 370 g/mol. The molecule has 0 saturated carbocycles. The van der Waals surface area contributed by atoms with E-state index in [2.05, 4.69) is 5.32 Å². The van der Waals surface area contributed by atoms with E-state index in [0.29, 0.717) is 22.9 Å². The first-order valence-corrected chi connectivity index (χ1v) is 8.59. The van der Waals surface area contributed by atoms with Crippen molar-refractivity contribution < 1.29 is 23.8 Å². The van der Waals surface area contributed by atoms with E-state index in [-0.39, 0.29) is 18.4 Å². The van der Waals surface area contributed by atoms with Gasteiger partial charge in [-0.15, -0.1) is 0 Å². The number of carbonyl (C=O) groups excluding carboxylic acids is 2. The van der Waals surface area contributed by atoms with Crippen LogP contribution >= 0.6 is 0 Å². The highest BCUT2D eigenvalue weighted by Crippen LogP contribution is 2.33. The van der Waals surface area contributed by atoms with Crippen LogP contribution in [0.3, 0.4) is 0 Å². The highest BCUT2D eigenvalue weighted by atomic mass is 16.6. The number of amides is 2. The molecule has 2 amide bonds. The molecule has 3 rings (SSSR count). The van der Waals surface area contributed by atoms with Gasteiger partial charge in [0.25, 0.3) is 5.91 Å². The Morgan fingerprint density at radius 2 is 1.81 bits per heavy atom. The molecule has 2 atom stereocenters. The molecule has 2 aromatic rings. The highest BCUT2D eigenvalue weighted by Gasteiger charge is 2.36. The number of methoxy groups -OCH3 is 1. The van der Waals surface area contributed by atoms with Crippen LogP contribution in [0.25, 0.3) is 0 Å². The number of rotatable bonds is 5. The van der Waals surface area contributed by atoms with Crippen LogP contribution in [0.15, 0.2) is 48.5 Å². The number of nitrogens with zero attached hydrogens (tertiary/aromatic N) is 1. The summed E-state index contributed by atoms with van der Waals surface area (Å²) >= 11 is 0. The van der Waals surface area contributed by atoms with E-state index in [1.54, 1.807) is 57.5 Å². The lowest BCUT2D eigenvalue weighted by Gasteiger charge is -2.33. The summed E-state index contributed by atoms with van der Waals surface area (Å²) in [7, 11) is 3.11. The fourth-order valence-corrected chi connectivity index (χ4v) is 2.80. The third-order valence-corrected chi connectivity index (χ3v) is 4.20. The van der Waals surface area contributed by atoms with Gasteiger partial charge in [0.15, 0.2) is 11.5 Å². The van der Waals surface area contributed by atoms with Crippen molar-refractivity contribution >= 4 is 17.5 Å². The standard InChI is InChI=1S/C20H22N2O5/c1-13-19(27-17-10-5-4-9-16(17)26-13)20(24)22(2)12-18(23)21-14-7-6-8-15(11-14)25-3/h4-11,13,19H,12H2,1-3H3,(H,21,23). The minimum Gasteiger partial charge on any atom is -0.497 e. The maximum Gasteiger partial charge on any atom is 0.267 e. The number of benzene rings is 2. The Morgan fingerprint density at radius 3 is 2.52 bits per heavy atom. The normalized spacial score (nSPS) is 17.7. The van der Waals surface area contributed by atoms with Crippen molar-refractivity contribution in [3.05, 3.63) is 48.5 Å². The van der Waals surface area contributed by atoms with Gasteiger partial charge in [-0.1, -0.05) is 18.2 Å². The van der Waals surface area contributed by atoms with E-state index >= 15 is 0 Å². The third kappa shape index (κ3) is 4.31. The average Bonchev–Trinajstić information content (AvgIpc) is 2.66. The zero-order valence-electron chi connectivity index (χ0n) is 15.5. The number of anilines is 1. The molecule has 1 aliphatic heterocycles. The van der Waals surface area contributed by atoms with Crippen LogP contribution in [-0.4, -0.2) is 49.6 Å². The summed E-state index contributed by atoms with van der Waals surface area (Å²) in [6.45, 7) is 1.66. The molecule has 0 bridgehead atoms. The molecule has 0 radical (unpaired) electrons. The minimum absolute atomic E-state index is 0.107.